The van der Waals surface area contributed by atoms with Crippen LogP contribution in [0, 0.1) is 0 Å². The minimum atomic E-state index is -4.30. The van der Waals surface area contributed by atoms with Gasteiger partial charge in [0.05, 0.1) is 18.3 Å². The summed E-state index contributed by atoms with van der Waals surface area (Å²) in [5.41, 5.74) is 1.62. The van der Waals surface area contributed by atoms with Crippen LogP contribution in [-0.4, -0.2) is 103 Å². The molecule has 2 amide bonds. The van der Waals surface area contributed by atoms with Crippen molar-refractivity contribution in [1.82, 2.24) is 45.8 Å². The molecule has 16 nitrogen and oxygen atoms in total. The second-order valence-corrected chi connectivity index (χ2v) is 15.2. The van der Waals surface area contributed by atoms with E-state index >= 15 is 0 Å². The number of likely N-dealkylation sites (tertiary alicyclic amines) is 1. The van der Waals surface area contributed by atoms with E-state index in [1.54, 1.807) is 4.90 Å². The number of piperidine rings is 1. The van der Waals surface area contributed by atoms with Gasteiger partial charge in [-0.05, 0) is 76.7 Å². The van der Waals surface area contributed by atoms with Gasteiger partial charge in [0.1, 0.15) is 17.8 Å². The lowest BCUT2D eigenvalue weighted by Gasteiger charge is -2.33. The Bertz CT molecular complexity index is 1590. The van der Waals surface area contributed by atoms with Crippen LogP contribution in [0.4, 0.5) is 11.8 Å². The van der Waals surface area contributed by atoms with Crippen LogP contribution >= 0.6 is 7.60 Å². The zero-order valence-corrected chi connectivity index (χ0v) is 30.3. The van der Waals surface area contributed by atoms with E-state index in [0.717, 1.165) is 80.3 Å². The van der Waals surface area contributed by atoms with Gasteiger partial charge in [0.25, 0.3) is 0 Å². The molecule has 1 saturated heterocycles. The summed E-state index contributed by atoms with van der Waals surface area (Å²) >= 11 is 0. The van der Waals surface area contributed by atoms with Crippen molar-refractivity contribution in [3.8, 4) is 0 Å². The maximum Gasteiger partial charge on any atom is 0.344 e. The molecule has 1 aliphatic carbocycles. The van der Waals surface area contributed by atoms with E-state index < -0.39 is 19.8 Å². The highest BCUT2D eigenvalue weighted by molar-refractivity contribution is 7.51. The largest absolute Gasteiger partial charge is 0.367 e. The van der Waals surface area contributed by atoms with Crippen molar-refractivity contribution in [1.29, 1.82) is 0 Å². The number of fused-ring (bicyclic) bond motifs is 1. The fourth-order valence-electron chi connectivity index (χ4n) is 6.59. The number of carbonyl (C=O) groups is 2. The third-order valence-electron chi connectivity index (χ3n) is 9.39. The van der Waals surface area contributed by atoms with E-state index in [2.05, 4.69) is 36.9 Å². The molecule has 0 atom stereocenters. The summed E-state index contributed by atoms with van der Waals surface area (Å²) in [6.45, 7) is 5.44. The summed E-state index contributed by atoms with van der Waals surface area (Å²) in [7, 11) is -4.30. The van der Waals surface area contributed by atoms with Gasteiger partial charge in [0.2, 0.25) is 17.8 Å². The van der Waals surface area contributed by atoms with E-state index in [-0.39, 0.29) is 24.8 Å². The second-order valence-electron chi connectivity index (χ2n) is 13.6. The minimum Gasteiger partial charge on any atom is -0.367 e. The molecule has 280 valence electrons. The minimum absolute atomic E-state index is 0.0307. The number of rotatable bonds is 20. The Kier molecular flexibility index (Phi) is 15.0. The Morgan fingerprint density at radius 1 is 0.902 bits per heavy atom. The van der Waals surface area contributed by atoms with Gasteiger partial charge in [-0.25, -0.2) is 4.98 Å². The molecule has 2 fully saturated rings. The fraction of sp³-hybridized carbons (Fsp3) is 0.647. The normalized spacial score (nSPS) is 16.0. The third-order valence-corrected chi connectivity index (χ3v) is 9.96. The van der Waals surface area contributed by atoms with Crippen molar-refractivity contribution in [3.05, 3.63) is 36.2 Å². The number of anilines is 2. The molecular weight excluding hydrogens is 673 g/mol. The Morgan fingerprint density at radius 3 is 2.49 bits per heavy atom. The molecule has 1 aliphatic heterocycles. The summed E-state index contributed by atoms with van der Waals surface area (Å²) in [4.78, 5) is 53.6. The zero-order valence-electron chi connectivity index (χ0n) is 29.4. The predicted molar refractivity (Wildman–Crippen MR) is 196 cm³/mol. The first-order chi connectivity index (χ1) is 24.7. The quantitative estimate of drug-likeness (QED) is 0.0660. The lowest BCUT2D eigenvalue weighted by Crippen LogP contribution is -2.42. The van der Waals surface area contributed by atoms with Crippen molar-refractivity contribution in [2.75, 3.05) is 49.6 Å². The lowest BCUT2D eigenvalue weighted by molar-refractivity contribution is -0.132. The summed E-state index contributed by atoms with van der Waals surface area (Å²) < 4.78 is 12.8. The third kappa shape index (κ3) is 13.4. The van der Waals surface area contributed by atoms with Crippen molar-refractivity contribution in [2.24, 2.45) is 0 Å². The van der Waals surface area contributed by atoms with E-state index in [9.17, 15) is 14.2 Å². The molecule has 1 saturated carbocycles. The highest BCUT2D eigenvalue weighted by atomic mass is 31.2. The second kappa shape index (κ2) is 19.8. The summed E-state index contributed by atoms with van der Waals surface area (Å²) in [5, 5.41) is 25.9. The van der Waals surface area contributed by atoms with E-state index in [1.807, 2.05) is 35.1 Å². The van der Waals surface area contributed by atoms with Crippen LogP contribution in [0.3, 0.4) is 0 Å². The van der Waals surface area contributed by atoms with Gasteiger partial charge in [0.15, 0.2) is 0 Å². The van der Waals surface area contributed by atoms with Gasteiger partial charge in [-0.15, -0.1) is 5.10 Å². The van der Waals surface area contributed by atoms with Crippen LogP contribution in [0.5, 0.6) is 0 Å². The van der Waals surface area contributed by atoms with Crippen LogP contribution in [0.25, 0.3) is 10.9 Å². The lowest BCUT2D eigenvalue weighted by atomic mass is 9.95. The molecular formula is C34H54N11O5P. The maximum absolute atomic E-state index is 12.7. The van der Waals surface area contributed by atoms with Gasteiger partial charge in [-0.1, -0.05) is 36.6 Å². The average molecular weight is 728 g/mol. The number of hydrogen-bond acceptors (Lipinski definition) is 11. The molecule has 1 aromatic carbocycles. The van der Waals surface area contributed by atoms with Crippen LogP contribution in [0.15, 0.2) is 30.5 Å². The molecule has 0 radical (unpaired) electrons. The van der Waals surface area contributed by atoms with Crippen LogP contribution in [0.1, 0.15) is 82.7 Å². The Labute approximate surface area is 299 Å². The van der Waals surface area contributed by atoms with E-state index in [1.165, 1.54) is 32.1 Å². The van der Waals surface area contributed by atoms with Gasteiger partial charge in [-0.2, -0.15) is 4.98 Å². The molecule has 7 N–H and O–H groups in total. The maximum atomic E-state index is 12.7. The zero-order chi connectivity index (χ0) is 35.9. The van der Waals surface area contributed by atoms with Crippen molar-refractivity contribution >= 4 is 42.1 Å². The number of nitrogens with one attached hydrogen (secondary N) is 5. The van der Waals surface area contributed by atoms with E-state index in [4.69, 9.17) is 19.8 Å². The first-order valence-electron chi connectivity index (χ1n) is 18.4. The first-order valence-corrected chi connectivity index (χ1v) is 20.2. The van der Waals surface area contributed by atoms with Crippen molar-refractivity contribution in [2.45, 2.75) is 102 Å². The smallest absolute Gasteiger partial charge is 0.344 e. The Balaban J connectivity index is 1.01. The van der Waals surface area contributed by atoms with Crippen LogP contribution in [0.2, 0.25) is 0 Å². The molecule has 2 aromatic heterocycles. The number of aromatic nitrogens is 5. The average Bonchev–Trinajstić information content (AvgIpc) is 3.59. The predicted octanol–water partition coefficient (Wildman–Crippen LogP) is 2.95. The highest BCUT2D eigenvalue weighted by Crippen LogP contribution is 2.32. The van der Waals surface area contributed by atoms with Gasteiger partial charge in [0, 0.05) is 49.9 Å². The SMILES string of the molecule is O=C(CCCC(=O)N1CCC(Nc2nc(NCc3cn(CCCNCCCNC4CCCCC4)nn3)nc3ccccc23)CC1)NCP(=O)(O)O. The van der Waals surface area contributed by atoms with E-state index in [0.29, 0.717) is 32.0 Å². The monoisotopic (exact) mass is 727 g/mol. The van der Waals surface area contributed by atoms with Gasteiger partial charge in [-0.3, -0.25) is 18.8 Å². The van der Waals surface area contributed by atoms with Gasteiger partial charge < -0.3 is 41.3 Å². The molecule has 3 aromatic rings. The summed E-state index contributed by atoms with van der Waals surface area (Å²) in [5.74, 6) is 0.714. The fourth-order valence-corrected chi connectivity index (χ4v) is 6.97. The van der Waals surface area contributed by atoms with Crippen LogP contribution in [-0.2, 0) is 27.2 Å². The number of aryl methyl sites for hydroxylation is 1. The first kappa shape index (κ1) is 38.5. The molecule has 51 heavy (non-hydrogen) atoms. The molecule has 0 spiro atoms. The number of benzene rings is 1. The van der Waals surface area contributed by atoms with Crippen molar-refractivity contribution in [3.63, 3.8) is 0 Å². The topological polar surface area (TPSA) is 212 Å². The Morgan fingerprint density at radius 2 is 1.69 bits per heavy atom. The molecule has 0 bridgehead atoms. The van der Waals surface area contributed by atoms with Gasteiger partial charge >= 0.3 is 7.60 Å². The van der Waals surface area contributed by atoms with Crippen LogP contribution < -0.4 is 26.6 Å². The molecule has 0 unspecified atom stereocenters. The summed E-state index contributed by atoms with van der Waals surface area (Å²) in [6.07, 6.45) is 12.2. The number of amides is 2. The number of para-hydroxylation sites is 1. The highest BCUT2D eigenvalue weighted by Gasteiger charge is 2.24. The number of carbonyl (C=O) groups excluding carboxylic acids is 2. The van der Waals surface area contributed by atoms with Crippen molar-refractivity contribution < 1.29 is 23.9 Å². The number of hydrogen-bond donors (Lipinski definition) is 7. The molecule has 2 aliphatic rings. The molecule has 17 heteroatoms. The number of nitrogens with zero attached hydrogens (tertiary/aromatic N) is 6. The standard InChI is InChI=1S/C34H54N11O5P/c46-31(38-25-51(48,49)50)13-6-14-32(47)44-21-15-27(16-22-44)39-33-29-11-4-5-12-30(29)40-34(41-33)37-23-28-24-45(43-42-28)20-8-18-35-17-7-19-36-26-9-2-1-3-10-26/h4-5,11-12,24,26-27,35-36H,1-3,6-10,13-23,25H2,(H,38,46)(H2,48,49,50)(H2,37,39,40,41). The Hall–Kier alpha value is -3.69. The molecule has 5 rings (SSSR count). The summed E-state index contributed by atoms with van der Waals surface area (Å²) in [6, 6.07) is 8.69. The molecule has 3 heterocycles.